The Labute approximate surface area is 85.1 Å². The molecule has 0 radical (unpaired) electrons. The molecule has 12 heavy (non-hydrogen) atoms. The molecule has 4 heteroatoms. The van der Waals surface area contributed by atoms with Gasteiger partial charge >= 0.3 is 0 Å². The topological polar surface area (TPSA) is 21.3 Å². The third kappa shape index (κ3) is 2.29. The van der Waals surface area contributed by atoms with Gasteiger partial charge in [-0.05, 0) is 34.4 Å². The van der Waals surface area contributed by atoms with Crippen molar-refractivity contribution in [2.45, 2.75) is 6.04 Å². The number of thiophene rings is 1. The molecule has 68 valence electrons. The molecule has 1 unspecified atom stereocenters. The first-order chi connectivity index (χ1) is 5.79. The maximum Gasteiger partial charge on any atom is 0.0666 e. The number of likely N-dealkylation sites (N-methyl/N-ethyl adjacent to an activating group) is 1. The van der Waals surface area contributed by atoms with Crippen LogP contribution in [0.1, 0.15) is 10.9 Å². The fourth-order valence-electron chi connectivity index (χ4n) is 1.01. The lowest BCUT2D eigenvalue weighted by atomic mass is 10.2. The zero-order valence-corrected chi connectivity index (χ0v) is 9.54. The second-order valence-corrected chi connectivity index (χ2v) is 4.23. The molecule has 1 atom stereocenters. The summed E-state index contributed by atoms with van der Waals surface area (Å²) >= 11 is 5.23. The van der Waals surface area contributed by atoms with Crippen molar-refractivity contribution < 1.29 is 4.74 Å². The van der Waals surface area contributed by atoms with Gasteiger partial charge in [0.05, 0.1) is 12.6 Å². The average Bonchev–Trinajstić information content (AvgIpc) is 2.47. The largest absolute Gasteiger partial charge is 0.383 e. The summed E-state index contributed by atoms with van der Waals surface area (Å²) in [5.41, 5.74) is 0. The molecule has 0 saturated heterocycles. The molecular weight excluding hydrogens is 238 g/mol. The quantitative estimate of drug-likeness (QED) is 0.886. The highest BCUT2D eigenvalue weighted by atomic mass is 79.9. The van der Waals surface area contributed by atoms with Gasteiger partial charge in [0, 0.05) is 16.5 Å². The molecule has 0 aliphatic rings. The Bertz CT molecular complexity index is 239. The van der Waals surface area contributed by atoms with Gasteiger partial charge in [0.25, 0.3) is 0 Å². The Morgan fingerprint density at radius 3 is 2.92 bits per heavy atom. The van der Waals surface area contributed by atoms with Crippen LogP contribution in [0.4, 0.5) is 0 Å². The van der Waals surface area contributed by atoms with Crippen molar-refractivity contribution in [3.05, 3.63) is 20.8 Å². The number of methoxy groups -OCH3 is 1. The average molecular weight is 250 g/mol. The van der Waals surface area contributed by atoms with Crippen LogP contribution in [0.3, 0.4) is 0 Å². The Morgan fingerprint density at radius 2 is 2.50 bits per heavy atom. The monoisotopic (exact) mass is 249 g/mol. The molecule has 0 aliphatic carbocycles. The summed E-state index contributed by atoms with van der Waals surface area (Å²) in [6, 6.07) is 2.35. The van der Waals surface area contributed by atoms with E-state index in [1.54, 1.807) is 18.4 Å². The van der Waals surface area contributed by atoms with E-state index >= 15 is 0 Å². The number of halogens is 1. The van der Waals surface area contributed by atoms with Crippen molar-refractivity contribution >= 4 is 27.3 Å². The molecule has 0 saturated carbocycles. The number of ether oxygens (including phenoxy) is 1. The molecule has 2 nitrogen and oxygen atoms in total. The molecule has 1 aromatic rings. The van der Waals surface area contributed by atoms with Gasteiger partial charge in [0.1, 0.15) is 0 Å². The van der Waals surface area contributed by atoms with Crippen molar-refractivity contribution in [1.82, 2.24) is 5.32 Å². The zero-order chi connectivity index (χ0) is 8.97. The maximum absolute atomic E-state index is 5.10. The van der Waals surface area contributed by atoms with Crippen LogP contribution in [0, 0.1) is 0 Å². The third-order valence-corrected chi connectivity index (χ3v) is 3.63. The van der Waals surface area contributed by atoms with E-state index in [9.17, 15) is 0 Å². The normalized spacial score (nSPS) is 13.2. The molecule has 0 aromatic carbocycles. The number of hydrogen-bond acceptors (Lipinski definition) is 3. The van der Waals surface area contributed by atoms with E-state index in [2.05, 4.69) is 32.7 Å². The minimum Gasteiger partial charge on any atom is -0.383 e. The first kappa shape index (κ1) is 10.2. The van der Waals surface area contributed by atoms with Gasteiger partial charge in [-0.1, -0.05) is 0 Å². The molecule has 0 aliphatic heterocycles. The van der Waals surface area contributed by atoms with Gasteiger partial charge in [-0.3, -0.25) is 0 Å². The predicted octanol–water partition coefficient (Wildman–Crippen LogP) is 2.42. The summed E-state index contributed by atoms with van der Waals surface area (Å²) in [5, 5.41) is 5.27. The van der Waals surface area contributed by atoms with Crippen LogP contribution in [0.15, 0.2) is 15.9 Å². The van der Waals surface area contributed by atoms with Crippen molar-refractivity contribution in [3.8, 4) is 0 Å². The second-order valence-electron chi connectivity index (χ2n) is 2.43. The molecule has 1 heterocycles. The minimum absolute atomic E-state index is 0.296. The third-order valence-electron chi connectivity index (χ3n) is 1.64. The van der Waals surface area contributed by atoms with Crippen LogP contribution < -0.4 is 5.32 Å². The minimum atomic E-state index is 0.296. The van der Waals surface area contributed by atoms with Crippen LogP contribution in [0.5, 0.6) is 0 Å². The van der Waals surface area contributed by atoms with Gasteiger partial charge in [0.2, 0.25) is 0 Å². The van der Waals surface area contributed by atoms with E-state index in [1.165, 1.54) is 4.88 Å². The Morgan fingerprint density at radius 1 is 1.75 bits per heavy atom. The van der Waals surface area contributed by atoms with E-state index in [0.717, 1.165) is 4.47 Å². The first-order valence-electron chi connectivity index (χ1n) is 3.68. The Kier molecular flexibility index (Phi) is 4.21. The van der Waals surface area contributed by atoms with Crippen molar-refractivity contribution in [2.24, 2.45) is 0 Å². The smallest absolute Gasteiger partial charge is 0.0666 e. The van der Waals surface area contributed by atoms with E-state index in [-0.39, 0.29) is 0 Å². The predicted molar refractivity (Wildman–Crippen MR) is 55.7 cm³/mol. The van der Waals surface area contributed by atoms with E-state index in [0.29, 0.717) is 12.6 Å². The van der Waals surface area contributed by atoms with Gasteiger partial charge < -0.3 is 10.1 Å². The lowest BCUT2D eigenvalue weighted by Crippen LogP contribution is -2.20. The highest BCUT2D eigenvalue weighted by molar-refractivity contribution is 9.10. The van der Waals surface area contributed by atoms with Crippen molar-refractivity contribution in [3.63, 3.8) is 0 Å². The lowest BCUT2D eigenvalue weighted by Gasteiger charge is -2.13. The molecule has 0 fully saturated rings. The molecule has 0 amide bonds. The first-order valence-corrected chi connectivity index (χ1v) is 5.36. The number of nitrogens with one attached hydrogen (secondary N) is 1. The van der Waals surface area contributed by atoms with Gasteiger partial charge in [-0.15, -0.1) is 11.3 Å². The molecular formula is C8H12BrNOS. The summed E-state index contributed by atoms with van der Waals surface area (Å²) in [6.45, 7) is 0.704. The highest BCUT2D eigenvalue weighted by Crippen LogP contribution is 2.28. The van der Waals surface area contributed by atoms with Crippen LogP contribution in [-0.2, 0) is 4.74 Å². The van der Waals surface area contributed by atoms with Gasteiger partial charge in [0.15, 0.2) is 0 Å². The molecule has 0 bridgehead atoms. The summed E-state index contributed by atoms with van der Waals surface area (Å²) in [4.78, 5) is 1.29. The van der Waals surface area contributed by atoms with Gasteiger partial charge in [-0.2, -0.15) is 0 Å². The van der Waals surface area contributed by atoms with Crippen LogP contribution in [-0.4, -0.2) is 20.8 Å². The summed E-state index contributed by atoms with van der Waals surface area (Å²) in [5.74, 6) is 0. The standard InChI is InChI=1S/C8H12BrNOS/c1-10-7(5-11-2)8-6(9)3-4-12-8/h3-4,7,10H,5H2,1-2H3. The maximum atomic E-state index is 5.10. The van der Waals surface area contributed by atoms with E-state index in [4.69, 9.17) is 4.74 Å². The molecule has 1 rings (SSSR count). The molecule has 1 N–H and O–H groups in total. The van der Waals surface area contributed by atoms with Gasteiger partial charge in [-0.25, -0.2) is 0 Å². The highest BCUT2D eigenvalue weighted by Gasteiger charge is 2.12. The van der Waals surface area contributed by atoms with E-state index in [1.807, 2.05) is 7.05 Å². The molecule has 0 spiro atoms. The van der Waals surface area contributed by atoms with Crippen LogP contribution in [0.2, 0.25) is 0 Å². The summed E-state index contributed by atoms with van der Waals surface area (Å²) in [7, 11) is 3.65. The Balaban J connectivity index is 2.72. The zero-order valence-electron chi connectivity index (χ0n) is 7.13. The Hall–Kier alpha value is 0.100. The van der Waals surface area contributed by atoms with Crippen molar-refractivity contribution in [1.29, 1.82) is 0 Å². The second kappa shape index (κ2) is 4.97. The van der Waals surface area contributed by atoms with Crippen LogP contribution >= 0.6 is 27.3 Å². The lowest BCUT2D eigenvalue weighted by molar-refractivity contribution is 0.171. The SMILES string of the molecule is CNC(COC)c1sccc1Br. The fourth-order valence-corrected chi connectivity index (χ4v) is 2.76. The number of hydrogen-bond donors (Lipinski definition) is 1. The fraction of sp³-hybridized carbons (Fsp3) is 0.500. The molecule has 1 aromatic heterocycles. The van der Waals surface area contributed by atoms with E-state index < -0.39 is 0 Å². The summed E-state index contributed by atoms with van der Waals surface area (Å²) in [6.07, 6.45) is 0. The van der Waals surface area contributed by atoms with Crippen LogP contribution in [0.25, 0.3) is 0 Å². The number of rotatable bonds is 4. The summed E-state index contributed by atoms with van der Waals surface area (Å²) < 4.78 is 6.25. The van der Waals surface area contributed by atoms with Crippen molar-refractivity contribution in [2.75, 3.05) is 20.8 Å².